The molecule has 0 saturated carbocycles. The molecule has 1 aliphatic heterocycles. The van der Waals surface area contributed by atoms with Crippen LogP contribution in [0.3, 0.4) is 0 Å². The second-order valence-corrected chi connectivity index (χ2v) is 8.06. The van der Waals surface area contributed by atoms with E-state index in [0.717, 1.165) is 34.8 Å². The van der Waals surface area contributed by atoms with Gasteiger partial charge in [0, 0.05) is 4.47 Å². The normalized spacial score (nSPS) is 18.7. The van der Waals surface area contributed by atoms with Gasteiger partial charge in [0.1, 0.15) is 0 Å². The molecule has 1 saturated heterocycles. The smallest absolute Gasteiger partial charge is 0.465 e. The van der Waals surface area contributed by atoms with E-state index in [1.807, 2.05) is 39.8 Å². The monoisotopic (exact) mass is 396 g/mol. The molecule has 0 aliphatic carbocycles. The van der Waals surface area contributed by atoms with Crippen LogP contribution >= 0.6 is 15.9 Å². The number of methoxy groups -OCH3 is 1. The molecule has 0 bridgehead atoms. The summed E-state index contributed by atoms with van der Waals surface area (Å²) in [7, 11) is 0.887. The van der Waals surface area contributed by atoms with Crippen molar-refractivity contribution in [3.05, 3.63) is 27.7 Å². The molecule has 4 nitrogen and oxygen atoms in total. The highest BCUT2D eigenvalue weighted by molar-refractivity contribution is 9.10. The van der Waals surface area contributed by atoms with Crippen LogP contribution < -0.4 is 5.46 Å². The van der Waals surface area contributed by atoms with Crippen LogP contribution in [-0.2, 0) is 20.5 Å². The van der Waals surface area contributed by atoms with E-state index in [1.54, 1.807) is 0 Å². The molecule has 0 unspecified atom stereocenters. The van der Waals surface area contributed by atoms with Gasteiger partial charge in [-0.1, -0.05) is 29.3 Å². The number of rotatable bonds is 5. The van der Waals surface area contributed by atoms with Crippen LogP contribution in [0.1, 0.15) is 63.4 Å². The number of esters is 1. The van der Waals surface area contributed by atoms with Crippen LogP contribution in [0.4, 0.5) is 0 Å². The molecule has 2 rings (SSSR count). The molecule has 1 aliphatic rings. The first kappa shape index (κ1) is 19.5. The van der Waals surface area contributed by atoms with Gasteiger partial charge in [-0.2, -0.15) is 0 Å². The molecule has 1 aromatic rings. The molecule has 132 valence electrons. The van der Waals surface area contributed by atoms with Gasteiger partial charge in [0.2, 0.25) is 0 Å². The van der Waals surface area contributed by atoms with Gasteiger partial charge in [0.05, 0.1) is 23.9 Å². The molecule has 0 atom stereocenters. The molecule has 0 spiro atoms. The molecule has 0 amide bonds. The largest absolute Gasteiger partial charge is 0.495 e. The third-order valence-corrected chi connectivity index (χ3v) is 5.65. The molecule has 6 heteroatoms. The van der Waals surface area contributed by atoms with E-state index in [1.165, 1.54) is 7.11 Å². The maximum Gasteiger partial charge on any atom is 0.495 e. The Kier molecular flexibility index (Phi) is 5.83. The summed E-state index contributed by atoms with van der Waals surface area (Å²) in [6, 6.07) is 3.65. The van der Waals surface area contributed by atoms with Crippen molar-refractivity contribution in [2.75, 3.05) is 7.11 Å². The van der Waals surface area contributed by atoms with E-state index >= 15 is 0 Å². The van der Waals surface area contributed by atoms with Crippen LogP contribution in [0.15, 0.2) is 16.6 Å². The van der Waals surface area contributed by atoms with E-state index in [9.17, 15) is 4.79 Å². The summed E-state index contributed by atoms with van der Waals surface area (Å²) >= 11 is 3.61. The highest BCUT2D eigenvalue weighted by Gasteiger charge is 2.52. The number of unbranched alkanes of at least 4 members (excludes halogenated alkanes) is 1. The topological polar surface area (TPSA) is 44.8 Å². The van der Waals surface area contributed by atoms with Crippen molar-refractivity contribution in [3.63, 3.8) is 0 Å². The van der Waals surface area contributed by atoms with Gasteiger partial charge >= 0.3 is 13.1 Å². The average Bonchev–Trinajstić information content (AvgIpc) is 2.72. The molecule has 1 fully saturated rings. The number of benzene rings is 1. The lowest BCUT2D eigenvalue weighted by molar-refractivity contribution is 0.00578. The standard InChI is InChI=1S/C18H26BBrO4/c1-7-8-9-13-14(10-12(11-15(13)20)16(21)22-6)19-23-17(2,3)18(4,5)24-19/h10-11H,7-9H2,1-6H3. The van der Waals surface area contributed by atoms with Crippen molar-refractivity contribution in [2.45, 2.75) is 65.1 Å². The zero-order valence-electron chi connectivity index (χ0n) is 15.4. The number of halogens is 1. The number of ether oxygens (including phenoxy) is 1. The fraction of sp³-hybridized carbons (Fsp3) is 0.611. The molecule has 0 aromatic heterocycles. The number of hydrogen-bond acceptors (Lipinski definition) is 4. The van der Waals surface area contributed by atoms with Gasteiger partial charge in [-0.15, -0.1) is 0 Å². The second-order valence-electron chi connectivity index (χ2n) is 7.21. The van der Waals surface area contributed by atoms with Gasteiger partial charge in [0.15, 0.2) is 0 Å². The Morgan fingerprint density at radius 3 is 2.29 bits per heavy atom. The van der Waals surface area contributed by atoms with Gasteiger partial charge in [-0.25, -0.2) is 4.79 Å². The second kappa shape index (κ2) is 7.18. The highest BCUT2D eigenvalue weighted by atomic mass is 79.9. The minimum absolute atomic E-state index is 0.365. The van der Waals surface area contributed by atoms with Crippen molar-refractivity contribution < 1.29 is 18.8 Å². The van der Waals surface area contributed by atoms with Crippen molar-refractivity contribution in [3.8, 4) is 0 Å². The predicted molar refractivity (Wildman–Crippen MR) is 99.8 cm³/mol. The summed E-state index contributed by atoms with van der Waals surface area (Å²) in [6.45, 7) is 10.3. The Bertz CT molecular complexity index is 612. The minimum Gasteiger partial charge on any atom is -0.465 e. The summed E-state index contributed by atoms with van der Waals surface area (Å²) in [5.41, 5.74) is 1.68. The summed E-state index contributed by atoms with van der Waals surface area (Å²) < 4.78 is 18.2. The Morgan fingerprint density at radius 1 is 1.21 bits per heavy atom. The molecule has 0 N–H and O–H groups in total. The Balaban J connectivity index is 2.49. The maximum atomic E-state index is 12.0. The Hall–Kier alpha value is -0.845. The lowest BCUT2D eigenvalue weighted by Crippen LogP contribution is -2.41. The quantitative estimate of drug-likeness (QED) is 0.559. The van der Waals surface area contributed by atoms with Crippen LogP contribution in [-0.4, -0.2) is 31.4 Å². The molecule has 1 heterocycles. The van der Waals surface area contributed by atoms with Gasteiger partial charge in [0.25, 0.3) is 0 Å². The SMILES string of the molecule is CCCCc1c(Br)cc(C(=O)OC)cc1B1OC(C)(C)C(C)(C)O1. The zero-order valence-corrected chi connectivity index (χ0v) is 17.0. The minimum atomic E-state index is -0.497. The Labute approximate surface area is 153 Å². The summed E-state index contributed by atoms with van der Waals surface area (Å²) in [5.74, 6) is -0.365. The fourth-order valence-electron chi connectivity index (χ4n) is 2.69. The summed E-state index contributed by atoms with van der Waals surface area (Å²) in [4.78, 5) is 12.0. The predicted octanol–water partition coefficient (Wildman–Crippen LogP) is 3.88. The first-order valence-electron chi connectivity index (χ1n) is 8.39. The number of hydrogen-bond donors (Lipinski definition) is 0. The maximum absolute atomic E-state index is 12.0. The lowest BCUT2D eigenvalue weighted by Gasteiger charge is -2.32. The van der Waals surface area contributed by atoms with Gasteiger partial charge in [-0.05, 0) is 63.7 Å². The Morgan fingerprint density at radius 2 is 1.79 bits per heavy atom. The molecule has 0 radical (unpaired) electrons. The molecular formula is C18H26BBrO4. The van der Waals surface area contributed by atoms with Crippen LogP contribution in [0.5, 0.6) is 0 Å². The van der Waals surface area contributed by atoms with Gasteiger partial charge in [-0.3, -0.25) is 0 Å². The third kappa shape index (κ3) is 3.71. The van der Waals surface area contributed by atoms with E-state index in [4.69, 9.17) is 14.0 Å². The van der Waals surface area contributed by atoms with E-state index in [2.05, 4.69) is 22.9 Å². The van der Waals surface area contributed by atoms with E-state index in [-0.39, 0.29) is 5.97 Å². The first-order valence-corrected chi connectivity index (χ1v) is 9.18. The van der Waals surface area contributed by atoms with E-state index < -0.39 is 18.3 Å². The molecule has 24 heavy (non-hydrogen) atoms. The van der Waals surface area contributed by atoms with Crippen molar-refractivity contribution in [1.29, 1.82) is 0 Å². The lowest BCUT2D eigenvalue weighted by atomic mass is 9.74. The fourth-order valence-corrected chi connectivity index (χ4v) is 3.36. The van der Waals surface area contributed by atoms with Crippen molar-refractivity contribution in [1.82, 2.24) is 0 Å². The summed E-state index contributed by atoms with van der Waals surface area (Å²) in [5, 5.41) is 0. The zero-order chi connectivity index (χ0) is 18.1. The van der Waals surface area contributed by atoms with Crippen LogP contribution in [0.25, 0.3) is 0 Å². The van der Waals surface area contributed by atoms with E-state index in [0.29, 0.717) is 5.56 Å². The first-order chi connectivity index (χ1) is 11.1. The molecular weight excluding hydrogens is 371 g/mol. The highest BCUT2D eigenvalue weighted by Crippen LogP contribution is 2.37. The number of carbonyl (C=O) groups is 1. The number of carbonyl (C=O) groups excluding carboxylic acids is 1. The molecule has 1 aromatic carbocycles. The average molecular weight is 397 g/mol. The van der Waals surface area contributed by atoms with Crippen LogP contribution in [0.2, 0.25) is 0 Å². The third-order valence-electron chi connectivity index (χ3n) is 4.94. The van der Waals surface area contributed by atoms with Crippen LogP contribution in [0, 0.1) is 0 Å². The summed E-state index contributed by atoms with van der Waals surface area (Å²) in [6.07, 6.45) is 3.05. The van der Waals surface area contributed by atoms with Gasteiger partial charge < -0.3 is 14.0 Å². The van der Waals surface area contributed by atoms with Crippen molar-refractivity contribution in [2.24, 2.45) is 0 Å². The van der Waals surface area contributed by atoms with Crippen molar-refractivity contribution >= 4 is 34.5 Å².